The molecule has 0 aromatic carbocycles. The Hall–Kier alpha value is -1.10. The first-order chi connectivity index (χ1) is 19.5. The Morgan fingerprint density at radius 3 is 1.12 bits per heavy atom. The molecule has 5 heteroatoms. The number of unbranched alkanes of at least 4 members (excludes halogenated alkanes) is 21. The number of carbonyl (C=O) groups excluding carboxylic acids is 2. The van der Waals surface area contributed by atoms with Gasteiger partial charge in [-0.2, -0.15) is 0 Å². The average molecular weight is 569 g/mol. The van der Waals surface area contributed by atoms with Crippen molar-refractivity contribution >= 4 is 11.9 Å². The van der Waals surface area contributed by atoms with Gasteiger partial charge in [0, 0.05) is 12.8 Å². The van der Waals surface area contributed by atoms with Gasteiger partial charge in [0.05, 0.1) is 0 Å². The third-order valence-corrected chi connectivity index (χ3v) is 7.77. The van der Waals surface area contributed by atoms with Crippen molar-refractivity contribution in [2.45, 2.75) is 194 Å². The monoisotopic (exact) mass is 569 g/mol. The lowest BCUT2D eigenvalue weighted by atomic mass is 10.0. The highest BCUT2D eigenvalue weighted by Gasteiger charge is 2.12. The van der Waals surface area contributed by atoms with Gasteiger partial charge in [0.2, 0.25) is 0 Å². The molecular weight excluding hydrogens is 500 g/mol. The maximum absolute atomic E-state index is 11.9. The minimum absolute atomic E-state index is 0.109. The van der Waals surface area contributed by atoms with E-state index in [0.717, 1.165) is 31.6 Å². The fourth-order valence-corrected chi connectivity index (χ4v) is 5.09. The normalized spacial score (nSPS) is 12.1. The maximum atomic E-state index is 11.9. The minimum Gasteiger partial charge on any atom is -0.463 e. The molecule has 0 heterocycles. The summed E-state index contributed by atoms with van der Waals surface area (Å²) in [6, 6.07) is 0. The highest BCUT2D eigenvalue weighted by molar-refractivity contribution is 5.69. The van der Waals surface area contributed by atoms with E-state index in [0.29, 0.717) is 12.8 Å². The Labute approximate surface area is 248 Å². The molecule has 1 atom stereocenters. The van der Waals surface area contributed by atoms with Gasteiger partial charge in [-0.05, 0) is 18.8 Å². The van der Waals surface area contributed by atoms with Crippen LogP contribution >= 0.6 is 0 Å². The van der Waals surface area contributed by atoms with E-state index in [-0.39, 0.29) is 25.2 Å². The highest BCUT2D eigenvalue weighted by atomic mass is 16.6. The first kappa shape index (κ1) is 38.9. The van der Waals surface area contributed by atoms with E-state index in [1.165, 1.54) is 128 Å². The van der Waals surface area contributed by atoms with Crippen LogP contribution < -0.4 is 0 Å². The van der Waals surface area contributed by atoms with Crippen LogP contribution in [0, 0.1) is 5.92 Å². The zero-order valence-corrected chi connectivity index (χ0v) is 27.0. The second-order valence-corrected chi connectivity index (χ2v) is 12.5. The van der Waals surface area contributed by atoms with Crippen LogP contribution in [0.1, 0.15) is 188 Å². The van der Waals surface area contributed by atoms with Crippen LogP contribution in [0.15, 0.2) is 0 Å². The lowest BCUT2D eigenvalue weighted by Gasteiger charge is -2.12. The van der Waals surface area contributed by atoms with Crippen LogP contribution in [-0.4, -0.2) is 36.4 Å². The Bertz CT molecular complexity index is 548. The van der Waals surface area contributed by atoms with Gasteiger partial charge in [0.15, 0.2) is 0 Å². The van der Waals surface area contributed by atoms with Crippen molar-refractivity contribution in [3.05, 3.63) is 0 Å². The standard InChI is InChI=1S/C35H68O5/c1-4-5-6-7-8-9-16-19-22-25-28-34(37)39-30-33(36)31-40-35(38)29-26-23-20-17-14-12-10-11-13-15-18-21-24-27-32(2)3/h32-33,36H,4-31H2,1-3H3/t33-/m1/s1. The molecule has 0 rings (SSSR count). The third-order valence-electron chi connectivity index (χ3n) is 7.77. The van der Waals surface area contributed by atoms with E-state index >= 15 is 0 Å². The van der Waals surface area contributed by atoms with Crippen molar-refractivity contribution in [2.24, 2.45) is 5.92 Å². The Morgan fingerprint density at radius 2 is 0.800 bits per heavy atom. The maximum Gasteiger partial charge on any atom is 0.305 e. The fourth-order valence-electron chi connectivity index (χ4n) is 5.09. The zero-order valence-electron chi connectivity index (χ0n) is 27.0. The van der Waals surface area contributed by atoms with Gasteiger partial charge < -0.3 is 14.6 Å². The molecule has 0 saturated carbocycles. The number of esters is 2. The van der Waals surface area contributed by atoms with Gasteiger partial charge in [-0.3, -0.25) is 9.59 Å². The quantitative estimate of drug-likeness (QED) is 0.0665. The van der Waals surface area contributed by atoms with E-state index < -0.39 is 6.10 Å². The summed E-state index contributed by atoms with van der Waals surface area (Å²) in [6.45, 7) is 6.64. The lowest BCUT2D eigenvalue weighted by molar-refractivity contribution is -0.152. The lowest BCUT2D eigenvalue weighted by Crippen LogP contribution is -2.25. The molecule has 0 aliphatic heterocycles. The van der Waals surface area contributed by atoms with Crippen LogP contribution in [0.25, 0.3) is 0 Å². The van der Waals surface area contributed by atoms with Crippen LogP contribution in [0.3, 0.4) is 0 Å². The summed E-state index contributed by atoms with van der Waals surface area (Å²) < 4.78 is 10.3. The van der Waals surface area contributed by atoms with E-state index in [1.807, 2.05) is 0 Å². The van der Waals surface area contributed by atoms with E-state index in [2.05, 4.69) is 20.8 Å². The number of hydrogen-bond acceptors (Lipinski definition) is 5. The molecule has 0 aromatic heterocycles. The molecular formula is C35H68O5. The molecule has 0 bridgehead atoms. The number of aliphatic hydroxyl groups is 1. The first-order valence-electron chi connectivity index (χ1n) is 17.4. The molecule has 0 amide bonds. The van der Waals surface area contributed by atoms with Gasteiger partial charge >= 0.3 is 11.9 Å². The van der Waals surface area contributed by atoms with Crippen LogP contribution in [0.4, 0.5) is 0 Å². The summed E-state index contributed by atoms with van der Waals surface area (Å²) in [6.07, 6.45) is 30.1. The van der Waals surface area contributed by atoms with E-state index in [9.17, 15) is 14.7 Å². The molecule has 5 nitrogen and oxygen atoms in total. The number of hydrogen-bond donors (Lipinski definition) is 1. The predicted octanol–water partition coefficient (Wildman–Crippen LogP) is 10.3. The molecule has 0 aliphatic carbocycles. The van der Waals surface area contributed by atoms with Crippen molar-refractivity contribution < 1.29 is 24.2 Å². The predicted molar refractivity (Wildman–Crippen MR) is 168 cm³/mol. The molecule has 0 aliphatic rings. The third kappa shape index (κ3) is 31.4. The topological polar surface area (TPSA) is 72.8 Å². The average Bonchev–Trinajstić information content (AvgIpc) is 2.93. The van der Waals surface area contributed by atoms with Crippen molar-refractivity contribution in [1.29, 1.82) is 0 Å². The number of carbonyl (C=O) groups is 2. The van der Waals surface area contributed by atoms with Crippen molar-refractivity contribution in [3.8, 4) is 0 Å². The molecule has 0 aromatic rings. The number of rotatable bonds is 31. The Kier molecular flexibility index (Phi) is 30.0. The smallest absolute Gasteiger partial charge is 0.305 e. The second-order valence-electron chi connectivity index (χ2n) is 12.5. The summed E-state index contributed by atoms with van der Waals surface area (Å²) in [5.41, 5.74) is 0. The summed E-state index contributed by atoms with van der Waals surface area (Å²) in [4.78, 5) is 23.8. The largest absolute Gasteiger partial charge is 0.463 e. The summed E-state index contributed by atoms with van der Waals surface area (Å²) in [7, 11) is 0. The molecule has 0 saturated heterocycles. The second kappa shape index (κ2) is 30.8. The van der Waals surface area contributed by atoms with Gasteiger partial charge in [0.1, 0.15) is 19.3 Å². The first-order valence-corrected chi connectivity index (χ1v) is 17.4. The minimum atomic E-state index is -0.953. The molecule has 0 unspecified atom stereocenters. The Morgan fingerprint density at radius 1 is 0.500 bits per heavy atom. The van der Waals surface area contributed by atoms with Gasteiger partial charge in [0.25, 0.3) is 0 Å². The van der Waals surface area contributed by atoms with Crippen LogP contribution in [0.5, 0.6) is 0 Å². The molecule has 40 heavy (non-hydrogen) atoms. The molecule has 1 N–H and O–H groups in total. The molecule has 0 spiro atoms. The van der Waals surface area contributed by atoms with Gasteiger partial charge in [-0.15, -0.1) is 0 Å². The summed E-state index contributed by atoms with van der Waals surface area (Å²) >= 11 is 0. The zero-order chi connectivity index (χ0) is 29.5. The van der Waals surface area contributed by atoms with Gasteiger partial charge in [-0.25, -0.2) is 0 Å². The highest BCUT2D eigenvalue weighted by Crippen LogP contribution is 2.15. The molecule has 0 fully saturated rings. The summed E-state index contributed by atoms with van der Waals surface area (Å²) in [5.74, 6) is 0.290. The Balaban J connectivity index is 3.39. The molecule has 0 radical (unpaired) electrons. The van der Waals surface area contributed by atoms with Crippen LogP contribution in [-0.2, 0) is 19.1 Å². The van der Waals surface area contributed by atoms with E-state index in [4.69, 9.17) is 9.47 Å². The molecule has 238 valence electrons. The number of aliphatic hydroxyl groups excluding tert-OH is 1. The van der Waals surface area contributed by atoms with Crippen molar-refractivity contribution in [2.75, 3.05) is 13.2 Å². The number of ether oxygens (including phenoxy) is 2. The SMILES string of the molecule is CCCCCCCCCCCCC(=O)OC[C@@H](O)COC(=O)CCCCCCCCCCCCCCCC(C)C. The van der Waals surface area contributed by atoms with Crippen LogP contribution in [0.2, 0.25) is 0 Å². The van der Waals surface area contributed by atoms with E-state index in [1.54, 1.807) is 0 Å². The summed E-state index contributed by atoms with van der Waals surface area (Å²) in [5, 5.41) is 9.95. The van der Waals surface area contributed by atoms with Crippen molar-refractivity contribution in [3.63, 3.8) is 0 Å². The van der Waals surface area contributed by atoms with Gasteiger partial charge in [-0.1, -0.05) is 162 Å². The fraction of sp³-hybridized carbons (Fsp3) is 0.943. The van der Waals surface area contributed by atoms with Crippen molar-refractivity contribution in [1.82, 2.24) is 0 Å².